The summed E-state index contributed by atoms with van der Waals surface area (Å²) in [5.41, 5.74) is 6.58. The van der Waals surface area contributed by atoms with Gasteiger partial charge in [-0.2, -0.15) is 0 Å². The summed E-state index contributed by atoms with van der Waals surface area (Å²) in [5.74, 6) is 1.59. The molecule has 0 saturated heterocycles. The largest absolute Gasteiger partial charge is 0.497 e. The van der Waals surface area contributed by atoms with Gasteiger partial charge in [0.1, 0.15) is 5.75 Å². The Kier molecular flexibility index (Phi) is 4.33. The minimum atomic E-state index is -0.326. The van der Waals surface area contributed by atoms with Crippen LogP contribution in [0.1, 0.15) is 25.3 Å². The molecule has 0 aliphatic heterocycles. The number of rotatable bonds is 5. The first-order valence-electron chi connectivity index (χ1n) is 7.09. The number of nitrogens with two attached hydrogens (primary N) is 1. The Morgan fingerprint density at radius 1 is 1.50 bits per heavy atom. The van der Waals surface area contributed by atoms with E-state index in [1.54, 1.807) is 12.0 Å². The number of ether oxygens (including phenoxy) is 1. The molecule has 1 amide bonds. The Morgan fingerprint density at radius 2 is 2.20 bits per heavy atom. The molecule has 0 bridgehead atoms. The summed E-state index contributed by atoms with van der Waals surface area (Å²) in [7, 11) is 3.50. The van der Waals surface area contributed by atoms with Crippen LogP contribution in [0.4, 0.5) is 0 Å². The van der Waals surface area contributed by atoms with Crippen LogP contribution in [0, 0.1) is 11.3 Å². The van der Waals surface area contributed by atoms with Gasteiger partial charge in [-0.25, -0.2) is 0 Å². The number of carbonyl (C=O) groups is 1. The summed E-state index contributed by atoms with van der Waals surface area (Å²) >= 11 is 0. The predicted molar refractivity (Wildman–Crippen MR) is 79.4 cm³/mol. The number of hydrogen-bond donors (Lipinski definition) is 1. The molecule has 0 heterocycles. The molecule has 110 valence electrons. The van der Waals surface area contributed by atoms with E-state index in [2.05, 4.69) is 6.92 Å². The molecular formula is C16H24N2O2. The first kappa shape index (κ1) is 14.9. The van der Waals surface area contributed by atoms with Gasteiger partial charge in [-0.3, -0.25) is 4.79 Å². The van der Waals surface area contributed by atoms with Crippen LogP contribution in [0.3, 0.4) is 0 Å². The zero-order chi connectivity index (χ0) is 14.8. The van der Waals surface area contributed by atoms with Crippen molar-refractivity contribution >= 4 is 5.91 Å². The fourth-order valence-corrected chi connectivity index (χ4v) is 3.22. The zero-order valence-corrected chi connectivity index (χ0v) is 12.6. The lowest BCUT2D eigenvalue weighted by molar-refractivity contribution is -0.148. The second-order valence-corrected chi connectivity index (χ2v) is 6.01. The third-order valence-corrected chi connectivity index (χ3v) is 4.22. The van der Waals surface area contributed by atoms with Gasteiger partial charge in [-0.15, -0.1) is 0 Å². The zero-order valence-electron chi connectivity index (χ0n) is 12.6. The second kappa shape index (κ2) is 5.83. The molecule has 1 aliphatic carbocycles. The second-order valence-electron chi connectivity index (χ2n) is 6.01. The van der Waals surface area contributed by atoms with Crippen LogP contribution in [0.2, 0.25) is 0 Å². The van der Waals surface area contributed by atoms with E-state index in [1.807, 2.05) is 31.3 Å². The Morgan fingerprint density at radius 3 is 2.75 bits per heavy atom. The summed E-state index contributed by atoms with van der Waals surface area (Å²) in [6.07, 6.45) is 1.82. The van der Waals surface area contributed by atoms with E-state index in [0.717, 1.165) is 24.2 Å². The minimum absolute atomic E-state index is 0.168. The topological polar surface area (TPSA) is 55.6 Å². The van der Waals surface area contributed by atoms with E-state index in [0.29, 0.717) is 19.0 Å². The number of hydrogen-bond acceptors (Lipinski definition) is 3. The van der Waals surface area contributed by atoms with Crippen molar-refractivity contribution in [2.75, 3.05) is 20.7 Å². The van der Waals surface area contributed by atoms with Crippen molar-refractivity contribution in [2.24, 2.45) is 17.1 Å². The highest BCUT2D eigenvalue weighted by Crippen LogP contribution is 2.45. The molecule has 4 nitrogen and oxygen atoms in total. The van der Waals surface area contributed by atoms with Gasteiger partial charge < -0.3 is 15.4 Å². The Hall–Kier alpha value is -1.55. The highest BCUT2D eigenvalue weighted by molar-refractivity contribution is 5.83. The predicted octanol–water partition coefficient (Wildman–Crippen LogP) is 2.03. The summed E-state index contributed by atoms with van der Waals surface area (Å²) in [4.78, 5) is 14.4. The third kappa shape index (κ3) is 2.80. The fraction of sp³-hybridized carbons (Fsp3) is 0.562. The molecule has 2 rings (SSSR count). The van der Waals surface area contributed by atoms with Crippen molar-refractivity contribution in [1.82, 2.24) is 4.90 Å². The van der Waals surface area contributed by atoms with Gasteiger partial charge in [0, 0.05) is 20.1 Å². The highest BCUT2D eigenvalue weighted by Gasteiger charge is 2.48. The van der Waals surface area contributed by atoms with E-state index in [9.17, 15) is 4.79 Å². The monoisotopic (exact) mass is 276 g/mol. The lowest BCUT2D eigenvalue weighted by Crippen LogP contribution is -2.53. The maximum absolute atomic E-state index is 12.6. The van der Waals surface area contributed by atoms with Crippen molar-refractivity contribution in [1.29, 1.82) is 0 Å². The van der Waals surface area contributed by atoms with Gasteiger partial charge in [0.15, 0.2) is 0 Å². The molecule has 1 aromatic rings. The molecule has 0 spiro atoms. The van der Waals surface area contributed by atoms with Gasteiger partial charge in [0.2, 0.25) is 5.91 Å². The smallest absolute Gasteiger partial charge is 0.230 e. The summed E-state index contributed by atoms with van der Waals surface area (Å²) in [6.45, 7) is 3.20. The van der Waals surface area contributed by atoms with Crippen LogP contribution in [0.5, 0.6) is 5.75 Å². The van der Waals surface area contributed by atoms with E-state index < -0.39 is 0 Å². The third-order valence-electron chi connectivity index (χ3n) is 4.22. The van der Waals surface area contributed by atoms with E-state index in [1.165, 1.54) is 0 Å². The molecule has 1 fully saturated rings. The van der Waals surface area contributed by atoms with Gasteiger partial charge in [0.25, 0.3) is 0 Å². The lowest BCUT2D eigenvalue weighted by Gasteiger charge is -2.46. The summed E-state index contributed by atoms with van der Waals surface area (Å²) < 4.78 is 5.21. The SMILES string of the molecule is COc1cccc(CN(C)C(=O)C2(CN)CC(C)C2)c1. The molecule has 20 heavy (non-hydrogen) atoms. The van der Waals surface area contributed by atoms with Crippen LogP contribution in [0.25, 0.3) is 0 Å². The summed E-state index contributed by atoms with van der Waals surface area (Å²) in [6, 6.07) is 7.81. The molecule has 0 radical (unpaired) electrons. The number of nitrogens with zero attached hydrogens (tertiary/aromatic N) is 1. The normalized spacial score (nSPS) is 24.9. The van der Waals surface area contributed by atoms with Crippen molar-refractivity contribution < 1.29 is 9.53 Å². The van der Waals surface area contributed by atoms with Gasteiger partial charge in [-0.1, -0.05) is 19.1 Å². The molecular weight excluding hydrogens is 252 g/mol. The number of carbonyl (C=O) groups excluding carboxylic acids is 1. The fourth-order valence-electron chi connectivity index (χ4n) is 3.22. The van der Waals surface area contributed by atoms with Crippen molar-refractivity contribution in [2.45, 2.75) is 26.3 Å². The Balaban J connectivity index is 2.04. The van der Waals surface area contributed by atoms with Crippen molar-refractivity contribution in [3.8, 4) is 5.75 Å². The molecule has 0 aromatic heterocycles. The molecule has 0 atom stereocenters. The van der Waals surface area contributed by atoms with Crippen LogP contribution in [0.15, 0.2) is 24.3 Å². The van der Waals surface area contributed by atoms with Crippen molar-refractivity contribution in [3.63, 3.8) is 0 Å². The highest BCUT2D eigenvalue weighted by atomic mass is 16.5. The van der Waals surface area contributed by atoms with Crippen LogP contribution < -0.4 is 10.5 Å². The minimum Gasteiger partial charge on any atom is -0.497 e. The quantitative estimate of drug-likeness (QED) is 0.895. The summed E-state index contributed by atoms with van der Waals surface area (Å²) in [5, 5.41) is 0. The number of methoxy groups -OCH3 is 1. The average molecular weight is 276 g/mol. The van der Waals surface area contributed by atoms with Crippen LogP contribution in [-0.2, 0) is 11.3 Å². The molecule has 4 heteroatoms. The van der Waals surface area contributed by atoms with Crippen LogP contribution in [-0.4, -0.2) is 31.5 Å². The average Bonchev–Trinajstić information content (AvgIpc) is 2.43. The van der Waals surface area contributed by atoms with E-state index in [4.69, 9.17) is 10.5 Å². The first-order valence-corrected chi connectivity index (χ1v) is 7.09. The van der Waals surface area contributed by atoms with E-state index in [-0.39, 0.29) is 11.3 Å². The van der Waals surface area contributed by atoms with Crippen LogP contribution >= 0.6 is 0 Å². The molecule has 2 N–H and O–H groups in total. The van der Waals surface area contributed by atoms with Gasteiger partial charge >= 0.3 is 0 Å². The Bertz CT molecular complexity index is 481. The molecule has 1 aromatic carbocycles. The Labute approximate surface area is 120 Å². The lowest BCUT2D eigenvalue weighted by atomic mass is 9.62. The molecule has 1 saturated carbocycles. The maximum atomic E-state index is 12.6. The maximum Gasteiger partial charge on any atom is 0.230 e. The molecule has 1 aliphatic rings. The van der Waals surface area contributed by atoms with E-state index >= 15 is 0 Å². The van der Waals surface area contributed by atoms with Gasteiger partial charge in [0.05, 0.1) is 12.5 Å². The first-order chi connectivity index (χ1) is 9.50. The number of benzene rings is 1. The molecule has 0 unspecified atom stereocenters. The van der Waals surface area contributed by atoms with Crippen molar-refractivity contribution in [3.05, 3.63) is 29.8 Å². The van der Waals surface area contributed by atoms with Gasteiger partial charge in [-0.05, 0) is 36.5 Å². The standard InChI is InChI=1S/C16H24N2O2/c1-12-8-16(9-12,11-17)15(19)18(2)10-13-5-4-6-14(7-13)20-3/h4-7,12H,8-11,17H2,1-3H3. The number of amides is 1.